The van der Waals surface area contributed by atoms with Gasteiger partial charge in [0.25, 0.3) is 5.91 Å². The summed E-state index contributed by atoms with van der Waals surface area (Å²) in [6.45, 7) is 3.84. The lowest BCUT2D eigenvalue weighted by molar-refractivity contribution is 0.0599. The molecular formula is C26H24N4O5. The van der Waals surface area contributed by atoms with E-state index in [1.807, 2.05) is 45.2 Å². The predicted octanol–water partition coefficient (Wildman–Crippen LogP) is 4.08. The van der Waals surface area contributed by atoms with Crippen LogP contribution in [0, 0.1) is 13.8 Å². The second kappa shape index (κ2) is 9.38. The van der Waals surface area contributed by atoms with E-state index in [0.29, 0.717) is 22.2 Å². The zero-order chi connectivity index (χ0) is 25.3. The van der Waals surface area contributed by atoms with Gasteiger partial charge < -0.3 is 14.8 Å². The van der Waals surface area contributed by atoms with Gasteiger partial charge in [0.2, 0.25) is 0 Å². The molecule has 0 aliphatic heterocycles. The van der Waals surface area contributed by atoms with Gasteiger partial charge >= 0.3 is 11.9 Å². The van der Waals surface area contributed by atoms with Gasteiger partial charge in [-0.1, -0.05) is 18.2 Å². The van der Waals surface area contributed by atoms with Gasteiger partial charge in [-0.25, -0.2) is 14.6 Å². The van der Waals surface area contributed by atoms with Crippen molar-refractivity contribution >= 4 is 34.4 Å². The van der Waals surface area contributed by atoms with E-state index in [2.05, 4.69) is 10.4 Å². The van der Waals surface area contributed by atoms with Crippen LogP contribution in [-0.4, -0.2) is 46.8 Å². The Bertz CT molecular complexity index is 1450. The number of aryl methyl sites for hydroxylation is 2. The fourth-order valence-corrected chi connectivity index (χ4v) is 4.01. The molecule has 2 heterocycles. The SMILES string of the molecule is COC(=O)c1cc(NC(=O)c2cc(-c3c(C)nn(C)c3C)nc3ccccc23)cc(C(=O)OC)c1. The first kappa shape index (κ1) is 23.6. The van der Waals surface area contributed by atoms with Crippen LogP contribution in [0.1, 0.15) is 42.5 Å². The Balaban J connectivity index is 1.82. The summed E-state index contributed by atoms with van der Waals surface area (Å²) in [6.07, 6.45) is 0. The van der Waals surface area contributed by atoms with Crippen molar-refractivity contribution in [3.8, 4) is 11.3 Å². The van der Waals surface area contributed by atoms with Crippen LogP contribution in [0.2, 0.25) is 0 Å². The molecule has 0 radical (unpaired) electrons. The summed E-state index contributed by atoms with van der Waals surface area (Å²) >= 11 is 0. The minimum atomic E-state index is -0.648. The lowest BCUT2D eigenvalue weighted by atomic mass is 10.0. The first-order chi connectivity index (χ1) is 16.7. The van der Waals surface area contributed by atoms with Crippen LogP contribution in [0.5, 0.6) is 0 Å². The topological polar surface area (TPSA) is 112 Å². The molecule has 9 nitrogen and oxygen atoms in total. The molecule has 35 heavy (non-hydrogen) atoms. The molecule has 0 saturated heterocycles. The molecule has 2 aromatic heterocycles. The lowest BCUT2D eigenvalue weighted by Gasteiger charge is -2.12. The molecule has 0 unspecified atom stereocenters. The molecule has 0 fully saturated rings. The third-order valence-electron chi connectivity index (χ3n) is 5.76. The number of para-hydroxylation sites is 1. The fourth-order valence-electron chi connectivity index (χ4n) is 4.01. The van der Waals surface area contributed by atoms with Crippen LogP contribution >= 0.6 is 0 Å². The predicted molar refractivity (Wildman–Crippen MR) is 130 cm³/mol. The van der Waals surface area contributed by atoms with Crippen molar-refractivity contribution in [2.24, 2.45) is 7.05 Å². The normalized spacial score (nSPS) is 10.8. The van der Waals surface area contributed by atoms with Crippen molar-refractivity contribution in [1.29, 1.82) is 0 Å². The smallest absolute Gasteiger partial charge is 0.337 e. The van der Waals surface area contributed by atoms with Crippen molar-refractivity contribution < 1.29 is 23.9 Å². The number of benzene rings is 2. The molecular weight excluding hydrogens is 448 g/mol. The summed E-state index contributed by atoms with van der Waals surface area (Å²) in [5.41, 5.74) is 4.68. The number of pyridine rings is 1. The molecule has 178 valence electrons. The summed E-state index contributed by atoms with van der Waals surface area (Å²) in [5.74, 6) is -1.72. The first-order valence-corrected chi connectivity index (χ1v) is 10.8. The minimum Gasteiger partial charge on any atom is -0.465 e. The average Bonchev–Trinajstić information content (AvgIpc) is 3.12. The summed E-state index contributed by atoms with van der Waals surface area (Å²) in [4.78, 5) is 42.5. The number of rotatable bonds is 5. The zero-order valence-electron chi connectivity index (χ0n) is 20.0. The van der Waals surface area contributed by atoms with Gasteiger partial charge in [-0.3, -0.25) is 9.48 Å². The summed E-state index contributed by atoms with van der Waals surface area (Å²) in [7, 11) is 4.32. The second-order valence-electron chi connectivity index (χ2n) is 7.98. The number of methoxy groups -OCH3 is 2. The van der Waals surface area contributed by atoms with Gasteiger partial charge in [0.1, 0.15) is 0 Å². The van der Waals surface area contributed by atoms with Crippen LogP contribution in [0.3, 0.4) is 0 Å². The largest absolute Gasteiger partial charge is 0.465 e. The average molecular weight is 473 g/mol. The number of ether oxygens (including phenoxy) is 2. The van der Waals surface area contributed by atoms with Gasteiger partial charge in [0.05, 0.1) is 47.8 Å². The number of carbonyl (C=O) groups excluding carboxylic acids is 3. The molecule has 0 aliphatic carbocycles. The Labute approximate surface area is 201 Å². The molecule has 0 aliphatic rings. The molecule has 9 heteroatoms. The number of anilines is 1. The van der Waals surface area contributed by atoms with E-state index in [0.717, 1.165) is 17.0 Å². The quantitative estimate of drug-likeness (QED) is 0.436. The fraction of sp³-hybridized carbons (Fsp3) is 0.192. The highest BCUT2D eigenvalue weighted by Crippen LogP contribution is 2.30. The molecule has 0 bridgehead atoms. The number of nitrogens with zero attached hydrogens (tertiary/aromatic N) is 3. The van der Waals surface area contributed by atoms with E-state index in [1.54, 1.807) is 10.7 Å². The number of aromatic nitrogens is 3. The van der Waals surface area contributed by atoms with Gasteiger partial charge in [-0.05, 0) is 44.2 Å². The number of esters is 2. The van der Waals surface area contributed by atoms with Crippen LogP contribution in [-0.2, 0) is 16.5 Å². The van der Waals surface area contributed by atoms with E-state index in [-0.39, 0.29) is 16.8 Å². The van der Waals surface area contributed by atoms with Crippen molar-refractivity contribution in [2.75, 3.05) is 19.5 Å². The second-order valence-corrected chi connectivity index (χ2v) is 7.98. The Morgan fingerprint density at radius 2 is 1.54 bits per heavy atom. The third kappa shape index (κ3) is 4.48. The van der Waals surface area contributed by atoms with Gasteiger partial charge in [-0.15, -0.1) is 0 Å². The highest BCUT2D eigenvalue weighted by Gasteiger charge is 2.20. The number of hydrogen-bond donors (Lipinski definition) is 1. The maximum absolute atomic E-state index is 13.5. The van der Waals surface area contributed by atoms with Gasteiger partial charge in [-0.2, -0.15) is 5.10 Å². The first-order valence-electron chi connectivity index (χ1n) is 10.8. The van der Waals surface area contributed by atoms with Crippen LogP contribution in [0.25, 0.3) is 22.2 Å². The standard InChI is InChI=1S/C26H24N4O5/c1-14-23(15(2)30(3)29-14)22-13-20(19-8-6-7-9-21(19)28-22)24(31)27-18-11-16(25(32)34-4)10-17(12-18)26(33)35-5/h6-13H,1-5H3,(H,27,31). The molecule has 0 atom stereocenters. The summed E-state index contributed by atoms with van der Waals surface area (Å²) in [6, 6.07) is 13.3. The maximum Gasteiger partial charge on any atom is 0.337 e. The molecule has 1 N–H and O–H groups in total. The molecule has 0 saturated carbocycles. The van der Waals surface area contributed by atoms with E-state index < -0.39 is 17.8 Å². The highest BCUT2D eigenvalue weighted by molar-refractivity contribution is 6.13. The van der Waals surface area contributed by atoms with Gasteiger partial charge in [0.15, 0.2) is 0 Å². The molecule has 1 amide bonds. The van der Waals surface area contributed by atoms with E-state index in [1.165, 1.54) is 32.4 Å². The number of fused-ring (bicyclic) bond motifs is 1. The maximum atomic E-state index is 13.5. The van der Waals surface area contributed by atoms with Gasteiger partial charge in [0, 0.05) is 29.4 Å². The Hall–Kier alpha value is -4.53. The third-order valence-corrected chi connectivity index (χ3v) is 5.76. The number of amides is 1. The summed E-state index contributed by atoms with van der Waals surface area (Å²) < 4.78 is 11.3. The molecule has 2 aromatic carbocycles. The number of carbonyl (C=O) groups is 3. The highest BCUT2D eigenvalue weighted by atomic mass is 16.5. The van der Waals surface area contributed by atoms with Crippen molar-refractivity contribution in [3.05, 3.63) is 76.6 Å². The Morgan fingerprint density at radius 3 is 2.11 bits per heavy atom. The van der Waals surface area contributed by atoms with Crippen LogP contribution in [0.4, 0.5) is 5.69 Å². The Morgan fingerprint density at radius 1 is 0.914 bits per heavy atom. The molecule has 0 spiro atoms. The Kier molecular flexibility index (Phi) is 6.33. The number of nitrogens with one attached hydrogen (secondary N) is 1. The van der Waals surface area contributed by atoms with E-state index in [4.69, 9.17) is 14.5 Å². The van der Waals surface area contributed by atoms with Crippen molar-refractivity contribution in [2.45, 2.75) is 13.8 Å². The van der Waals surface area contributed by atoms with Crippen LogP contribution < -0.4 is 5.32 Å². The lowest BCUT2D eigenvalue weighted by Crippen LogP contribution is -2.15. The number of hydrogen-bond acceptors (Lipinski definition) is 7. The van der Waals surface area contributed by atoms with E-state index in [9.17, 15) is 14.4 Å². The van der Waals surface area contributed by atoms with E-state index >= 15 is 0 Å². The van der Waals surface area contributed by atoms with Crippen molar-refractivity contribution in [1.82, 2.24) is 14.8 Å². The minimum absolute atomic E-state index is 0.104. The molecule has 4 aromatic rings. The summed E-state index contributed by atoms with van der Waals surface area (Å²) in [5, 5.41) is 7.92. The monoisotopic (exact) mass is 472 g/mol. The van der Waals surface area contributed by atoms with Crippen molar-refractivity contribution in [3.63, 3.8) is 0 Å². The molecule has 4 rings (SSSR count). The zero-order valence-corrected chi connectivity index (χ0v) is 20.0. The van der Waals surface area contributed by atoms with Crippen LogP contribution in [0.15, 0.2) is 48.5 Å².